The minimum atomic E-state index is -2.84. The van der Waals surface area contributed by atoms with Crippen LogP contribution in [-0.4, -0.2) is 27.1 Å². The number of anilines is 1. The lowest BCUT2D eigenvalue weighted by Crippen LogP contribution is -2.27. The predicted octanol–water partition coefficient (Wildman–Crippen LogP) is 3.46. The fraction of sp³-hybridized carbons (Fsp3) is 0.250. The van der Waals surface area contributed by atoms with E-state index in [1.54, 1.807) is 35.1 Å². The first-order chi connectivity index (χ1) is 11.0. The quantitative estimate of drug-likeness (QED) is 0.725. The highest BCUT2D eigenvalue weighted by Crippen LogP contribution is 2.43. The highest BCUT2D eigenvalue weighted by Gasteiger charge is 2.46. The number of fused-ring (bicyclic) bond motifs is 1. The maximum absolute atomic E-state index is 14.0. The van der Waals surface area contributed by atoms with Gasteiger partial charge < -0.3 is 4.90 Å². The zero-order chi connectivity index (χ0) is 16.0. The maximum Gasteiger partial charge on any atom is 0.267 e. The van der Waals surface area contributed by atoms with Crippen LogP contribution >= 0.6 is 0 Å². The first kappa shape index (κ1) is 14.0. The first-order valence-corrected chi connectivity index (χ1v) is 7.22. The Morgan fingerprint density at radius 1 is 1.17 bits per heavy atom. The van der Waals surface area contributed by atoms with Crippen molar-refractivity contribution in [1.82, 2.24) is 14.6 Å². The van der Waals surface area contributed by atoms with Crippen molar-refractivity contribution in [2.45, 2.75) is 18.4 Å². The molecule has 23 heavy (non-hydrogen) atoms. The molecule has 1 atom stereocenters. The summed E-state index contributed by atoms with van der Waals surface area (Å²) in [4.78, 5) is 5.91. The van der Waals surface area contributed by atoms with E-state index in [9.17, 15) is 13.2 Å². The molecule has 0 radical (unpaired) electrons. The van der Waals surface area contributed by atoms with Crippen molar-refractivity contribution in [2.75, 3.05) is 11.4 Å². The Labute approximate surface area is 130 Å². The van der Waals surface area contributed by atoms with Gasteiger partial charge in [-0.2, -0.15) is 5.10 Å². The lowest BCUT2D eigenvalue weighted by atomic mass is 10.0. The summed E-state index contributed by atoms with van der Waals surface area (Å²) < 4.78 is 43.0. The van der Waals surface area contributed by atoms with E-state index in [0.717, 1.165) is 0 Å². The number of rotatable bonds is 2. The zero-order valence-corrected chi connectivity index (χ0v) is 12.0. The van der Waals surface area contributed by atoms with Crippen LogP contribution in [0.4, 0.5) is 19.0 Å². The SMILES string of the molecule is Fc1cccc(C2CC(F)(F)CN2c2ccn3nccc3n2)c1. The predicted molar refractivity (Wildman–Crippen MR) is 79.0 cm³/mol. The van der Waals surface area contributed by atoms with Crippen LogP contribution in [0.15, 0.2) is 48.8 Å². The van der Waals surface area contributed by atoms with E-state index in [4.69, 9.17) is 0 Å². The van der Waals surface area contributed by atoms with E-state index in [0.29, 0.717) is 17.0 Å². The molecule has 4 nitrogen and oxygen atoms in total. The average molecular weight is 318 g/mol. The van der Waals surface area contributed by atoms with Gasteiger partial charge in [-0.1, -0.05) is 12.1 Å². The van der Waals surface area contributed by atoms with Crippen LogP contribution in [0.3, 0.4) is 0 Å². The average Bonchev–Trinajstić information content (AvgIpc) is 3.10. The smallest absolute Gasteiger partial charge is 0.267 e. The van der Waals surface area contributed by atoms with Crippen molar-refractivity contribution in [1.29, 1.82) is 0 Å². The standard InChI is InChI=1S/C16H13F3N4/c17-12-3-1-2-11(8-12)13-9-16(18,19)10-22(13)14-5-7-23-15(21-14)4-6-20-23/h1-8,13H,9-10H2. The Balaban J connectivity index is 1.77. The summed E-state index contributed by atoms with van der Waals surface area (Å²) in [6.07, 6.45) is 2.91. The van der Waals surface area contributed by atoms with Crippen molar-refractivity contribution in [3.8, 4) is 0 Å². The molecule has 1 aliphatic rings. The number of nitrogens with zero attached hydrogens (tertiary/aromatic N) is 4. The molecule has 4 rings (SSSR count). The molecule has 1 aliphatic heterocycles. The van der Waals surface area contributed by atoms with Crippen LogP contribution in [0, 0.1) is 5.82 Å². The Morgan fingerprint density at radius 2 is 2.04 bits per heavy atom. The minimum absolute atomic E-state index is 0.359. The largest absolute Gasteiger partial charge is 0.343 e. The van der Waals surface area contributed by atoms with Crippen LogP contribution in [0.5, 0.6) is 0 Å². The molecular weight excluding hydrogens is 305 g/mol. The summed E-state index contributed by atoms with van der Waals surface area (Å²) in [5, 5.41) is 4.04. The van der Waals surface area contributed by atoms with Crippen molar-refractivity contribution < 1.29 is 13.2 Å². The van der Waals surface area contributed by atoms with Gasteiger partial charge in [0.15, 0.2) is 5.65 Å². The fourth-order valence-corrected chi connectivity index (χ4v) is 3.03. The third-order valence-electron chi connectivity index (χ3n) is 4.04. The summed E-state index contributed by atoms with van der Waals surface area (Å²) in [6, 6.07) is 8.54. The molecule has 0 bridgehead atoms. The highest BCUT2D eigenvalue weighted by atomic mass is 19.3. The number of halogens is 3. The molecule has 0 saturated carbocycles. The van der Waals surface area contributed by atoms with Crippen LogP contribution in [0.25, 0.3) is 5.65 Å². The Bertz CT molecular complexity index is 861. The summed E-state index contributed by atoms with van der Waals surface area (Å²) in [5.74, 6) is -2.84. The lowest BCUT2D eigenvalue weighted by Gasteiger charge is -2.25. The molecule has 0 amide bonds. The Hall–Kier alpha value is -2.57. The lowest BCUT2D eigenvalue weighted by molar-refractivity contribution is 0.0222. The molecule has 2 aromatic heterocycles. The van der Waals surface area contributed by atoms with Gasteiger partial charge in [-0.3, -0.25) is 0 Å². The van der Waals surface area contributed by atoms with Gasteiger partial charge in [0.2, 0.25) is 0 Å². The topological polar surface area (TPSA) is 33.4 Å². The van der Waals surface area contributed by atoms with Gasteiger partial charge in [0.05, 0.1) is 18.8 Å². The van der Waals surface area contributed by atoms with Gasteiger partial charge in [0.25, 0.3) is 5.92 Å². The molecule has 1 saturated heterocycles. The molecule has 0 N–H and O–H groups in total. The van der Waals surface area contributed by atoms with Gasteiger partial charge in [-0.05, 0) is 23.8 Å². The van der Waals surface area contributed by atoms with Crippen LogP contribution in [0.2, 0.25) is 0 Å². The van der Waals surface area contributed by atoms with Crippen molar-refractivity contribution in [3.63, 3.8) is 0 Å². The van der Waals surface area contributed by atoms with E-state index < -0.39 is 24.3 Å². The second-order valence-electron chi connectivity index (χ2n) is 5.68. The number of alkyl halides is 2. The van der Waals surface area contributed by atoms with Gasteiger partial charge >= 0.3 is 0 Å². The summed E-state index contributed by atoms with van der Waals surface area (Å²) >= 11 is 0. The number of hydrogen-bond acceptors (Lipinski definition) is 3. The van der Waals surface area contributed by atoms with Crippen molar-refractivity contribution >= 4 is 11.5 Å². The van der Waals surface area contributed by atoms with Gasteiger partial charge in [-0.15, -0.1) is 0 Å². The van der Waals surface area contributed by atoms with Crippen molar-refractivity contribution in [3.05, 3.63) is 60.2 Å². The Morgan fingerprint density at radius 3 is 2.87 bits per heavy atom. The second kappa shape index (κ2) is 4.97. The van der Waals surface area contributed by atoms with Crippen LogP contribution in [0.1, 0.15) is 18.0 Å². The molecule has 1 fully saturated rings. The summed E-state index contributed by atoms with van der Waals surface area (Å²) in [6.45, 7) is -0.439. The van der Waals surface area contributed by atoms with E-state index in [-0.39, 0.29) is 6.42 Å². The molecule has 1 aromatic carbocycles. The summed E-state index contributed by atoms with van der Waals surface area (Å²) in [7, 11) is 0. The highest BCUT2D eigenvalue weighted by molar-refractivity contribution is 5.50. The third-order valence-corrected chi connectivity index (χ3v) is 4.04. The van der Waals surface area contributed by atoms with E-state index in [2.05, 4.69) is 10.1 Å². The number of benzene rings is 1. The number of aromatic nitrogens is 3. The van der Waals surface area contributed by atoms with Gasteiger partial charge in [-0.25, -0.2) is 22.7 Å². The zero-order valence-electron chi connectivity index (χ0n) is 12.0. The van der Waals surface area contributed by atoms with E-state index >= 15 is 0 Å². The molecular formula is C16H13F3N4. The van der Waals surface area contributed by atoms with Crippen LogP contribution in [-0.2, 0) is 0 Å². The Kier molecular flexibility index (Phi) is 3.04. The van der Waals surface area contributed by atoms with E-state index in [1.165, 1.54) is 23.1 Å². The third kappa shape index (κ3) is 2.52. The molecule has 1 unspecified atom stereocenters. The molecule has 3 aromatic rings. The minimum Gasteiger partial charge on any atom is -0.343 e. The summed E-state index contributed by atoms with van der Waals surface area (Å²) in [5.41, 5.74) is 1.10. The monoisotopic (exact) mass is 318 g/mol. The number of hydrogen-bond donors (Lipinski definition) is 0. The first-order valence-electron chi connectivity index (χ1n) is 7.22. The fourth-order valence-electron chi connectivity index (χ4n) is 3.03. The molecule has 7 heteroatoms. The van der Waals surface area contributed by atoms with Gasteiger partial charge in [0, 0.05) is 18.7 Å². The molecule has 0 aliphatic carbocycles. The van der Waals surface area contributed by atoms with Crippen molar-refractivity contribution in [2.24, 2.45) is 0 Å². The maximum atomic E-state index is 14.0. The molecule has 0 spiro atoms. The second-order valence-corrected chi connectivity index (χ2v) is 5.68. The normalized spacial score (nSPS) is 20.3. The van der Waals surface area contributed by atoms with E-state index in [1.807, 2.05) is 0 Å². The van der Waals surface area contributed by atoms with Crippen LogP contribution < -0.4 is 4.90 Å². The molecule has 3 heterocycles. The van der Waals surface area contributed by atoms with Gasteiger partial charge in [0.1, 0.15) is 11.6 Å². The molecule has 118 valence electrons.